The molecule has 1 aliphatic rings. The first-order valence-corrected chi connectivity index (χ1v) is 8.57. The third-order valence-electron chi connectivity index (χ3n) is 4.64. The Morgan fingerprint density at radius 3 is 2.72 bits per heavy atom. The number of hydrogen-bond acceptors (Lipinski definition) is 5. The molecule has 0 spiro atoms. The molecule has 0 aliphatic carbocycles. The van der Waals surface area contributed by atoms with Crippen LogP contribution in [0.4, 0.5) is 5.82 Å². The van der Waals surface area contributed by atoms with Crippen LogP contribution in [0.5, 0.6) is 0 Å². The van der Waals surface area contributed by atoms with Gasteiger partial charge in [0.15, 0.2) is 5.82 Å². The molecule has 2 aromatic rings. The summed E-state index contributed by atoms with van der Waals surface area (Å²) >= 11 is 0. The van der Waals surface area contributed by atoms with E-state index in [1.165, 1.54) is 0 Å². The highest BCUT2D eigenvalue weighted by Crippen LogP contribution is 2.29. The monoisotopic (exact) mass is 338 g/mol. The Balaban J connectivity index is 1.76. The van der Waals surface area contributed by atoms with E-state index in [0.717, 1.165) is 31.5 Å². The second-order valence-corrected chi connectivity index (χ2v) is 6.47. The van der Waals surface area contributed by atoms with Gasteiger partial charge in [-0.15, -0.1) is 0 Å². The Morgan fingerprint density at radius 1 is 1.40 bits per heavy atom. The Bertz CT molecular complexity index is 742. The molecule has 1 N–H and O–H groups in total. The molecule has 2 heterocycles. The molecule has 1 atom stereocenters. The number of nitrogens with one attached hydrogen (secondary N) is 1. The maximum atomic E-state index is 12.9. The van der Waals surface area contributed by atoms with Crippen LogP contribution in [-0.4, -0.2) is 29.1 Å². The molecule has 1 saturated heterocycles. The number of nitriles is 1. The minimum Gasteiger partial charge on any atom is -0.360 e. The topological polar surface area (TPSA) is 82.2 Å². The normalized spacial score (nSPS) is 17.0. The van der Waals surface area contributed by atoms with E-state index >= 15 is 0 Å². The lowest BCUT2D eigenvalue weighted by Gasteiger charge is -2.36. The highest BCUT2D eigenvalue weighted by molar-refractivity contribution is 5.94. The van der Waals surface area contributed by atoms with Gasteiger partial charge in [0.25, 0.3) is 0 Å². The zero-order valence-electron chi connectivity index (χ0n) is 14.3. The molecule has 1 fully saturated rings. The van der Waals surface area contributed by atoms with Crippen LogP contribution in [0.15, 0.2) is 40.9 Å². The number of rotatable bonds is 5. The standard InChI is InChI=1S/C19H22N4O2/c1-14-13-17(22-25-14)21-19(24)18(16-5-3-2-4-6-16)23-11-8-15(7-10-20)9-12-23/h2-6,13,15,18H,7-9,11-12H2,1H3,(H,21,22,24). The molecule has 1 amide bonds. The zero-order chi connectivity index (χ0) is 17.6. The van der Waals surface area contributed by atoms with Crippen LogP contribution in [0.2, 0.25) is 0 Å². The first-order valence-electron chi connectivity index (χ1n) is 8.57. The van der Waals surface area contributed by atoms with Gasteiger partial charge in [0.05, 0.1) is 6.07 Å². The fourth-order valence-electron chi connectivity index (χ4n) is 3.33. The molecule has 130 valence electrons. The summed E-state index contributed by atoms with van der Waals surface area (Å²) in [5, 5.41) is 15.6. The Hall–Kier alpha value is -2.65. The van der Waals surface area contributed by atoms with Gasteiger partial charge in [-0.3, -0.25) is 9.69 Å². The minimum atomic E-state index is -0.374. The summed E-state index contributed by atoms with van der Waals surface area (Å²) in [6, 6.07) is 13.4. The summed E-state index contributed by atoms with van der Waals surface area (Å²) in [6.45, 7) is 3.39. The minimum absolute atomic E-state index is 0.113. The third-order valence-corrected chi connectivity index (χ3v) is 4.64. The summed E-state index contributed by atoms with van der Waals surface area (Å²) in [7, 11) is 0. The van der Waals surface area contributed by atoms with Crippen molar-refractivity contribution < 1.29 is 9.32 Å². The third kappa shape index (κ3) is 4.25. The lowest BCUT2D eigenvalue weighted by Crippen LogP contribution is -2.42. The predicted molar refractivity (Wildman–Crippen MR) is 93.6 cm³/mol. The Kier molecular flexibility index (Phi) is 5.46. The maximum Gasteiger partial charge on any atom is 0.247 e. The molecule has 6 heteroatoms. The Labute approximate surface area is 147 Å². The van der Waals surface area contributed by atoms with Crippen LogP contribution in [0.25, 0.3) is 0 Å². The number of piperidine rings is 1. The summed E-state index contributed by atoms with van der Waals surface area (Å²) < 4.78 is 5.03. The summed E-state index contributed by atoms with van der Waals surface area (Å²) in [6.07, 6.45) is 2.47. The molecule has 0 radical (unpaired) electrons. The highest BCUT2D eigenvalue weighted by Gasteiger charge is 2.31. The van der Waals surface area contributed by atoms with Crippen molar-refractivity contribution >= 4 is 11.7 Å². The van der Waals surface area contributed by atoms with Crippen molar-refractivity contribution in [1.29, 1.82) is 5.26 Å². The highest BCUT2D eigenvalue weighted by atomic mass is 16.5. The van der Waals surface area contributed by atoms with Crippen LogP contribution < -0.4 is 5.32 Å². The van der Waals surface area contributed by atoms with Crippen LogP contribution in [0.1, 0.15) is 36.6 Å². The van der Waals surface area contributed by atoms with Crippen molar-refractivity contribution in [2.45, 2.75) is 32.2 Å². The number of amides is 1. The van der Waals surface area contributed by atoms with Crippen molar-refractivity contribution in [2.75, 3.05) is 18.4 Å². The van der Waals surface area contributed by atoms with Gasteiger partial charge in [-0.1, -0.05) is 35.5 Å². The molecule has 1 unspecified atom stereocenters. The van der Waals surface area contributed by atoms with E-state index in [4.69, 9.17) is 9.78 Å². The van der Waals surface area contributed by atoms with Crippen molar-refractivity contribution in [2.24, 2.45) is 5.92 Å². The maximum absolute atomic E-state index is 12.9. The van der Waals surface area contributed by atoms with Gasteiger partial charge in [0.2, 0.25) is 5.91 Å². The first-order chi connectivity index (χ1) is 12.2. The summed E-state index contributed by atoms with van der Waals surface area (Å²) in [5.41, 5.74) is 0.957. The number of anilines is 1. The van der Waals surface area contributed by atoms with Gasteiger partial charge in [-0.25, -0.2) is 0 Å². The number of carbonyl (C=O) groups excluding carboxylic acids is 1. The molecule has 1 aromatic carbocycles. The molecule has 1 aromatic heterocycles. The van der Waals surface area contributed by atoms with E-state index in [1.54, 1.807) is 13.0 Å². The number of hydrogen-bond donors (Lipinski definition) is 1. The van der Waals surface area contributed by atoms with Crippen molar-refractivity contribution in [3.05, 3.63) is 47.7 Å². The van der Waals surface area contributed by atoms with E-state index in [0.29, 0.717) is 23.9 Å². The summed E-state index contributed by atoms with van der Waals surface area (Å²) in [5.74, 6) is 1.41. The van der Waals surface area contributed by atoms with Gasteiger partial charge in [-0.05, 0) is 44.3 Å². The van der Waals surface area contributed by atoms with Crippen molar-refractivity contribution in [1.82, 2.24) is 10.1 Å². The first kappa shape index (κ1) is 17.2. The average Bonchev–Trinajstić information content (AvgIpc) is 3.03. The van der Waals surface area contributed by atoms with Crippen LogP contribution >= 0.6 is 0 Å². The Morgan fingerprint density at radius 2 is 2.12 bits per heavy atom. The van der Waals surface area contributed by atoms with E-state index in [2.05, 4.69) is 21.4 Å². The van der Waals surface area contributed by atoms with E-state index in [1.807, 2.05) is 30.3 Å². The average molecular weight is 338 g/mol. The van der Waals surface area contributed by atoms with Crippen LogP contribution in [0, 0.1) is 24.2 Å². The predicted octanol–water partition coefficient (Wildman–Crippen LogP) is 3.29. The van der Waals surface area contributed by atoms with Gasteiger partial charge in [0.1, 0.15) is 11.8 Å². The van der Waals surface area contributed by atoms with E-state index in [9.17, 15) is 4.79 Å². The molecule has 0 saturated carbocycles. The van der Waals surface area contributed by atoms with Gasteiger partial charge >= 0.3 is 0 Å². The van der Waals surface area contributed by atoms with Gasteiger partial charge < -0.3 is 9.84 Å². The molecule has 25 heavy (non-hydrogen) atoms. The number of benzene rings is 1. The van der Waals surface area contributed by atoms with Crippen molar-refractivity contribution in [3.63, 3.8) is 0 Å². The number of aryl methyl sites for hydroxylation is 1. The SMILES string of the molecule is Cc1cc(NC(=O)C(c2ccccc2)N2CCC(CC#N)CC2)no1. The molecule has 6 nitrogen and oxygen atoms in total. The fraction of sp³-hybridized carbons (Fsp3) is 0.421. The van der Waals surface area contributed by atoms with E-state index < -0.39 is 0 Å². The lowest BCUT2D eigenvalue weighted by molar-refractivity contribution is -0.122. The van der Waals surface area contributed by atoms with E-state index in [-0.39, 0.29) is 11.9 Å². The van der Waals surface area contributed by atoms with Crippen molar-refractivity contribution in [3.8, 4) is 6.07 Å². The lowest BCUT2D eigenvalue weighted by atomic mass is 9.92. The van der Waals surface area contributed by atoms with Gasteiger partial charge in [-0.2, -0.15) is 5.26 Å². The molecule has 1 aliphatic heterocycles. The molecular formula is C19H22N4O2. The number of nitrogens with zero attached hydrogens (tertiary/aromatic N) is 3. The summed E-state index contributed by atoms with van der Waals surface area (Å²) in [4.78, 5) is 15.1. The number of aromatic nitrogens is 1. The number of likely N-dealkylation sites (tertiary alicyclic amines) is 1. The molecule has 0 bridgehead atoms. The zero-order valence-corrected chi connectivity index (χ0v) is 14.3. The van der Waals surface area contributed by atoms with Crippen LogP contribution in [-0.2, 0) is 4.79 Å². The molecular weight excluding hydrogens is 316 g/mol. The molecule has 3 rings (SSSR count). The number of carbonyl (C=O) groups is 1. The second-order valence-electron chi connectivity index (χ2n) is 6.47. The smallest absolute Gasteiger partial charge is 0.247 e. The quantitative estimate of drug-likeness (QED) is 0.904. The second kappa shape index (κ2) is 7.95. The van der Waals surface area contributed by atoms with Crippen LogP contribution in [0.3, 0.4) is 0 Å². The van der Waals surface area contributed by atoms with Gasteiger partial charge in [0, 0.05) is 12.5 Å². The fourth-order valence-corrected chi connectivity index (χ4v) is 3.33. The largest absolute Gasteiger partial charge is 0.360 e.